The summed E-state index contributed by atoms with van der Waals surface area (Å²) < 4.78 is 16.8. The largest absolute Gasteiger partial charge is 0.251 e. The first-order valence-electron chi connectivity index (χ1n) is 4.41. The van der Waals surface area contributed by atoms with Gasteiger partial charge in [-0.05, 0) is 38.8 Å². The predicted octanol–water partition coefficient (Wildman–Crippen LogP) is 3.74. The third-order valence-corrected chi connectivity index (χ3v) is 2.40. The summed E-state index contributed by atoms with van der Waals surface area (Å²) in [7, 11) is 0. The summed E-state index contributed by atoms with van der Waals surface area (Å²) in [6.07, 6.45) is 2.66. The first kappa shape index (κ1) is 12.5. The van der Waals surface area contributed by atoms with Crippen LogP contribution in [0, 0.1) is 5.82 Å². The molecule has 0 amide bonds. The standard InChI is InChI=1S/C10H12ClFN2S/c1-10(2,3)15-14-6-9-8(11)4-7(12)5-13-9/h4-6H,1-3H3. The van der Waals surface area contributed by atoms with E-state index in [1.54, 1.807) is 0 Å². The van der Waals surface area contributed by atoms with Gasteiger partial charge in [0, 0.05) is 4.75 Å². The molecule has 1 aromatic heterocycles. The monoisotopic (exact) mass is 246 g/mol. The van der Waals surface area contributed by atoms with Gasteiger partial charge in [0.2, 0.25) is 0 Å². The minimum atomic E-state index is -0.444. The van der Waals surface area contributed by atoms with Gasteiger partial charge in [0.25, 0.3) is 0 Å². The minimum Gasteiger partial charge on any atom is -0.251 e. The number of hydrogen-bond acceptors (Lipinski definition) is 3. The van der Waals surface area contributed by atoms with Crippen molar-refractivity contribution in [2.24, 2.45) is 4.40 Å². The molecule has 0 saturated carbocycles. The molecule has 0 atom stereocenters. The quantitative estimate of drug-likeness (QED) is 0.587. The molecule has 0 N–H and O–H groups in total. The van der Waals surface area contributed by atoms with Crippen LogP contribution in [0.15, 0.2) is 16.7 Å². The van der Waals surface area contributed by atoms with E-state index in [-0.39, 0.29) is 9.77 Å². The first-order valence-corrected chi connectivity index (χ1v) is 5.56. The Morgan fingerprint density at radius 1 is 1.53 bits per heavy atom. The van der Waals surface area contributed by atoms with Gasteiger partial charge in [0.15, 0.2) is 0 Å². The number of pyridine rings is 1. The van der Waals surface area contributed by atoms with Crippen LogP contribution >= 0.6 is 23.5 Å². The van der Waals surface area contributed by atoms with Gasteiger partial charge in [0.05, 0.1) is 17.4 Å². The summed E-state index contributed by atoms with van der Waals surface area (Å²) in [5.41, 5.74) is 0.481. The fourth-order valence-corrected chi connectivity index (χ4v) is 1.43. The molecule has 0 aliphatic rings. The zero-order chi connectivity index (χ0) is 11.5. The van der Waals surface area contributed by atoms with Crippen molar-refractivity contribution in [1.29, 1.82) is 0 Å². The van der Waals surface area contributed by atoms with Gasteiger partial charge in [-0.15, -0.1) is 0 Å². The summed E-state index contributed by atoms with van der Waals surface area (Å²) in [6, 6.07) is 1.22. The third-order valence-electron chi connectivity index (χ3n) is 1.34. The molecule has 0 radical (unpaired) electrons. The highest BCUT2D eigenvalue weighted by atomic mass is 35.5. The van der Waals surface area contributed by atoms with Crippen molar-refractivity contribution in [3.63, 3.8) is 0 Å². The SMILES string of the molecule is CC(C)(C)SN=Cc1ncc(F)cc1Cl. The molecule has 0 bridgehead atoms. The normalized spacial score (nSPS) is 12.3. The van der Waals surface area contributed by atoms with E-state index in [9.17, 15) is 4.39 Å². The van der Waals surface area contributed by atoms with Crippen molar-refractivity contribution in [2.75, 3.05) is 0 Å². The molecule has 2 nitrogen and oxygen atoms in total. The van der Waals surface area contributed by atoms with Gasteiger partial charge in [-0.2, -0.15) is 0 Å². The van der Waals surface area contributed by atoms with E-state index in [4.69, 9.17) is 11.6 Å². The van der Waals surface area contributed by atoms with E-state index in [2.05, 4.69) is 30.2 Å². The molecule has 1 heterocycles. The average Bonchev–Trinajstić information content (AvgIpc) is 2.07. The van der Waals surface area contributed by atoms with Crippen LogP contribution in [0.25, 0.3) is 0 Å². The van der Waals surface area contributed by atoms with Crippen LogP contribution in [0.4, 0.5) is 4.39 Å². The third kappa shape index (κ3) is 4.62. The van der Waals surface area contributed by atoms with Gasteiger partial charge in [-0.3, -0.25) is 4.98 Å². The van der Waals surface area contributed by atoms with Crippen LogP contribution < -0.4 is 0 Å². The molecule has 15 heavy (non-hydrogen) atoms. The molecule has 1 rings (SSSR count). The Hall–Kier alpha value is -0.610. The molecule has 0 unspecified atom stereocenters. The van der Waals surface area contributed by atoms with E-state index < -0.39 is 5.82 Å². The molecule has 0 fully saturated rings. The smallest absolute Gasteiger partial charge is 0.143 e. The number of aromatic nitrogens is 1. The predicted molar refractivity (Wildman–Crippen MR) is 64.1 cm³/mol. The summed E-state index contributed by atoms with van der Waals surface area (Å²) in [4.78, 5) is 3.83. The van der Waals surface area contributed by atoms with Gasteiger partial charge >= 0.3 is 0 Å². The van der Waals surface area contributed by atoms with E-state index in [0.717, 1.165) is 6.20 Å². The van der Waals surface area contributed by atoms with Gasteiger partial charge in [0.1, 0.15) is 11.5 Å². The Kier molecular flexibility index (Phi) is 4.11. The Morgan fingerprint density at radius 2 is 2.20 bits per heavy atom. The highest BCUT2D eigenvalue weighted by Gasteiger charge is 2.09. The van der Waals surface area contributed by atoms with E-state index in [0.29, 0.717) is 5.69 Å². The molecule has 82 valence electrons. The lowest BCUT2D eigenvalue weighted by atomic mass is 10.3. The van der Waals surface area contributed by atoms with Crippen LogP contribution in [0.2, 0.25) is 5.02 Å². The highest BCUT2D eigenvalue weighted by Crippen LogP contribution is 2.24. The van der Waals surface area contributed by atoms with E-state index in [1.165, 1.54) is 24.2 Å². The molecule has 5 heteroatoms. The van der Waals surface area contributed by atoms with Crippen LogP contribution in [0.3, 0.4) is 0 Å². The van der Waals surface area contributed by atoms with Crippen molar-refractivity contribution in [1.82, 2.24) is 4.98 Å². The second kappa shape index (κ2) is 4.94. The second-order valence-electron chi connectivity index (χ2n) is 3.96. The maximum Gasteiger partial charge on any atom is 0.143 e. The molecule has 0 aromatic carbocycles. The van der Waals surface area contributed by atoms with Crippen LogP contribution in [0.1, 0.15) is 26.5 Å². The number of rotatable bonds is 2. The molecule has 0 aliphatic carbocycles. The summed E-state index contributed by atoms with van der Waals surface area (Å²) >= 11 is 7.19. The lowest BCUT2D eigenvalue weighted by Gasteiger charge is -2.12. The number of nitrogens with zero attached hydrogens (tertiary/aromatic N) is 2. The minimum absolute atomic E-state index is 0.0446. The average molecular weight is 247 g/mol. The zero-order valence-corrected chi connectivity index (χ0v) is 10.4. The maximum atomic E-state index is 12.7. The first-order chi connectivity index (χ1) is 6.88. The Balaban J connectivity index is 2.73. The molecule has 0 saturated heterocycles. The topological polar surface area (TPSA) is 25.2 Å². The lowest BCUT2D eigenvalue weighted by molar-refractivity contribution is 0.621. The van der Waals surface area contributed by atoms with Crippen LogP contribution in [-0.2, 0) is 0 Å². The maximum absolute atomic E-state index is 12.7. The van der Waals surface area contributed by atoms with E-state index >= 15 is 0 Å². The Morgan fingerprint density at radius 3 is 2.73 bits per heavy atom. The van der Waals surface area contributed by atoms with Crippen molar-refractivity contribution < 1.29 is 4.39 Å². The van der Waals surface area contributed by atoms with Crippen molar-refractivity contribution >= 4 is 29.8 Å². The molecule has 0 spiro atoms. The van der Waals surface area contributed by atoms with Crippen LogP contribution in [-0.4, -0.2) is 15.9 Å². The summed E-state index contributed by atoms with van der Waals surface area (Å²) in [6.45, 7) is 6.15. The fraction of sp³-hybridized carbons (Fsp3) is 0.400. The molecular formula is C10H12ClFN2S. The van der Waals surface area contributed by atoms with Gasteiger partial charge < -0.3 is 0 Å². The summed E-state index contributed by atoms with van der Waals surface area (Å²) in [5, 5.41) is 0.272. The van der Waals surface area contributed by atoms with Crippen LogP contribution in [0.5, 0.6) is 0 Å². The van der Waals surface area contributed by atoms with Crippen molar-refractivity contribution in [3.8, 4) is 0 Å². The Bertz CT molecular complexity index is 374. The van der Waals surface area contributed by atoms with Gasteiger partial charge in [-0.25, -0.2) is 8.79 Å². The summed E-state index contributed by atoms with van der Waals surface area (Å²) in [5.74, 6) is -0.444. The van der Waals surface area contributed by atoms with Crippen molar-refractivity contribution in [2.45, 2.75) is 25.5 Å². The molecule has 0 aliphatic heterocycles. The second-order valence-corrected chi connectivity index (χ2v) is 5.98. The number of halogens is 2. The molecular weight excluding hydrogens is 235 g/mol. The fourth-order valence-electron chi connectivity index (χ4n) is 0.755. The van der Waals surface area contributed by atoms with E-state index in [1.807, 2.05) is 0 Å². The Labute approximate surface area is 98.1 Å². The number of hydrogen-bond donors (Lipinski definition) is 0. The molecule has 1 aromatic rings. The van der Waals surface area contributed by atoms with Gasteiger partial charge in [-0.1, -0.05) is 11.6 Å². The highest BCUT2D eigenvalue weighted by molar-refractivity contribution is 7.99. The van der Waals surface area contributed by atoms with Crippen molar-refractivity contribution in [3.05, 3.63) is 28.8 Å². The zero-order valence-electron chi connectivity index (χ0n) is 8.79. The lowest BCUT2D eigenvalue weighted by Crippen LogP contribution is -2.05.